The van der Waals surface area contributed by atoms with Crippen molar-refractivity contribution in [3.05, 3.63) is 122 Å². The van der Waals surface area contributed by atoms with Crippen LogP contribution >= 0.6 is 0 Å². The van der Waals surface area contributed by atoms with Gasteiger partial charge in [0.25, 0.3) is 0 Å². The van der Waals surface area contributed by atoms with Crippen LogP contribution in [0.3, 0.4) is 0 Å². The van der Waals surface area contributed by atoms with Crippen LogP contribution in [0.15, 0.2) is 122 Å². The van der Waals surface area contributed by atoms with E-state index in [1.54, 1.807) is 0 Å². The van der Waals surface area contributed by atoms with E-state index in [4.69, 9.17) is 14.2 Å². The summed E-state index contributed by atoms with van der Waals surface area (Å²) in [5.41, 5.74) is 0. The van der Waals surface area contributed by atoms with Gasteiger partial charge in [0.2, 0.25) is 0 Å². The maximum absolute atomic E-state index is 12.7. The van der Waals surface area contributed by atoms with E-state index in [0.717, 1.165) is 83.5 Å². The Bertz CT molecular complexity index is 1340. The zero-order valence-electron chi connectivity index (χ0n) is 38.9. The van der Waals surface area contributed by atoms with E-state index in [1.165, 1.54) is 51.4 Å². The molecule has 6 nitrogen and oxygen atoms in total. The molecule has 0 aliphatic heterocycles. The third-order valence-corrected chi connectivity index (χ3v) is 9.46. The summed E-state index contributed by atoms with van der Waals surface area (Å²) in [5.74, 6) is -1.12. The molecule has 0 N–H and O–H groups in total. The molecule has 1 atom stereocenters. The van der Waals surface area contributed by atoms with Gasteiger partial charge in [0.15, 0.2) is 6.10 Å². The van der Waals surface area contributed by atoms with Crippen molar-refractivity contribution in [2.75, 3.05) is 13.2 Å². The number of unbranched alkanes of at least 4 members (excludes halogenated alkanes) is 10. The number of hydrogen-bond acceptors (Lipinski definition) is 6. The van der Waals surface area contributed by atoms with Gasteiger partial charge in [0.1, 0.15) is 13.2 Å². The van der Waals surface area contributed by atoms with Crippen LogP contribution in [0.4, 0.5) is 0 Å². The molecule has 0 amide bonds. The fourth-order valence-corrected chi connectivity index (χ4v) is 5.91. The molecule has 0 aromatic rings. The van der Waals surface area contributed by atoms with E-state index < -0.39 is 12.1 Å². The van der Waals surface area contributed by atoms with E-state index in [2.05, 4.69) is 118 Å². The van der Waals surface area contributed by atoms with E-state index in [1.807, 2.05) is 24.3 Å². The molecular formula is C55H86O6. The molecule has 0 heterocycles. The predicted octanol–water partition coefficient (Wildman–Crippen LogP) is 15.7. The van der Waals surface area contributed by atoms with Gasteiger partial charge in [0, 0.05) is 19.3 Å². The molecule has 0 spiro atoms. The van der Waals surface area contributed by atoms with Crippen LogP contribution in [-0.4, -0.2) is 37.2 Å². The number of hydrogen-bond donors (Lipinski definition) is 0. The fraction of sp³-hybridized carbons (Fsp3) is 0.582. The Morgan fingerprint density at radius 3 is 1.10 bits per heavy atom. The van der Waals surface area contributed by atoms with Crippen LogP contribution in [0.2, 0.25) is 0 Å². The van der Waals surface area contributed by atoms with Crippen LogP contribution < -0.4 is 0 Å². The number of carbonyl (C=O) groups excluding carboxylic acids is 3. The van der Waals surface area contributed by atoms with Crippen molar-refractivity contribution in [3.8, 4) is 0 Å². The van der Waals surface area contributed by atoms with Gasteiger partial charge in [-0.2, -0.15) is 0 Å². The fourth-order valence-electron chi connectivity index (χ4n) is 5.91. The summed E-state index contributed by atoms with van der Waals surface area (Å²) < 4.78 is 16.6. The van der Waals surface area contributed by atoms with Crippen molar-refractivity contribution in [1.29, 1.82) is 0 Å². The molecule has 0 rings (SSSR count). The van der Waals surface area contributed by atoms with Crippen LogP contribution in [0.5, 0.6) is 0 Å². The zero-order valence-corrected chi connectivity index (χ0v) is 38.9. The summed E-state index contributed by atoms with van der Waals surface area (Å²) >= 11 is 0. The van der Waals surface area contributed by atoms with Gasteiger partial charge in [0.05, 0.1) is 0 Å². The highest BCUT2D eigenvalue weighted by atomic mass is 16.6. The van der Waals surface area contributed by atoms with E-state index >= 15 is 0 Å². The minimum Gasteiger partial charge on any atom is -0.462 e. The number of rotatable bonds is 41. The van der Waals surface area contributed by atoms with Crippen molar-refractivity contribution < 1.29 is 28.6 Å². The first kappa shape index (κ1) is 56.8. The van der Waals surface area contributed by atoms with Crippen LogP contribution in [0.25, 0.3) is 0 Å². The molecule has 0 aromatic heterocycles. The van der Waals surface area contributed by atoms with Gasteiger partial charge in [-0.25, -0.2) is 0 Å². The van der Waals surface area contributed by atoms with Crippen molar-refractivity contribution in [3.63, 3.8) is 0 Å². The Morgan fingerprint density at radius 2 is 0.672 bits per heavy atom. The molecule has 0 aromatic carbocycles. The Morgan fingerprint density at radius 1 is 0.344 bits per heavy atom. The average Bonchev–Trinajstić information content (AvgIpc) is 3.26. The van der Waals surface area contributed by atoms with Crippen molar-refractivity contribution in [2.45, 2.75) is 194 Å². The van der Waals surface area contributed by atoms with E-state index in [-0.39, 0.29) is 38.0 Å². The summed E-state index contributed by atoms with van der Waals surface area (Å²) in [4.78, 5) is 37.8. The second-order valence-electron chi connectivity index (χ2n) is 15.2. The van der Waals surface area contributed by atoms with Crippen molar-refractivity contribution in [1.82, 2.24) is 0 Å². The Hall–Kier alpha value is -4.19. The minimum absolute atomic E-state index is 0.137. The molecule has 0 aliphatic rings. The van der Waals surface area contributed by atoms with Crippen molar-refractivity contribution >= 4 is 17.9 Å². The topological polar surface area (TPSA) is 78.9 Å². The van der Waals surface area contributed by atoms with Gasteiger partial charge in [-0.15, -0.1) is 0 Å². The maximum atomic E-state index is 12.7. The zero-order chi connectivity index (χ0) is 44.4. The van der Waals surface area contributed by atoms with Crippen LogP contribution in [0, 0.1) is 0 Å². The molecule has 6 heteroatoms. The standard InChI is InChI=1S/C55H86O6/c1-4-7-10-13-16-19-22-25-26-27-28-31-33-36-39-42-45-48-54(57)60-51-52(61-55(58)49-46-43-40-37-34-30-24-21-18-15-12-9-6-3)50-59-53(56)47-44-41-38-35-32-29-23-20-17-14-11-8-5-2/h8-9,11-12,16-21,25-26,29-30,32,34,38,40-41,43,52H,4-7,10,13-15,22-24,27-28,31,33,35-37,39,42,44-51H2,1-3H3/b11-8-,12-9-,19-16-,20-17-,21-18-,26-25-,32-29-,34-30-,41-38-,43-40-. The van der Waals surface area contributed by atoms with Crippen molar-refractivity contribution in [2.24, 2.45) is 0 Å². The largest absolute Gasteiger partial charge is 0.462 e. The minimum atomic E-state index is -0.850. The molecule has 0 bridgehead atoms. The molecule has 0 radical (unpaired) electrons. The normalized spacial score (nSPS) is 13.2. The third kappa shape index (κ3) is 46.7. The van der Waals surface area contributed by atoms with Crippen LogP contribution in [-0.2, 0) is 28.6 Å². The number of esters is 3. The lowest BCUT2D eigenvalue weighted by atomic mass is 10.1. The molecule has 342 valence electrons. The summed E-state index contributed by atoms with van der Waals surface area (Å²) in [6.45, 7) is 6.22. The Labute approximate surface area is 373 Å². The lowest BCUT2D eigenvalue weighted by molar-refractivity contribution is -0.166. The summed E-state index contributed by atoms with van der Waals surface area (Å²) in [7, 11) is 0. The Kier molecular flexibility index (Phi) is 45.1. The summed E-state index contributed by atoms with van der Waals surface area (Å²) in [6, 6.07) is 0. The molecule has 0 saturated carbocycles. The average molecular weight is 843 g/mol. The first-order valence-electron chi connectivity index (χ1n) is 24.0. The Balaban J connectivity index is 4.57. The lowest BCUT2D eigenvalue weighted by Crippen LogP contribution is -2.30. The summed E-state index contributed by atoms with van der Waals surface area (Å²) in [6.07, 6.45) is 66.4. The van der Waals surface area contributed by atoms with Crippen LogP contribution in [0.1, 0.15) is 188 Å². The predicted molar refractivity (Wildman–Crippen MR) is 260 cm³/mol. The van der Waals surface area contributed by atoms with Gasteiger partial charge in [-0.1, -0.05) is 187 Å². The van der Waals surface area contributed by atoms with Gasteiger partial charge < -0.3 is 14.2 Å². The first-order valence-corrected chi connectivity index (χ1v) is 24.0. The number of carbonyl (C=O) groups is 3. The second kappa shape index (κ2) is 48.5. The third-order valence-electron chi connectivity index (χ3n) is 9.46. The van der Waals surface area contributed by atoms with Gasteiger partial charge >= 0.3 is 17.9 Å². The van der Waals surface area contributed by atoms with Gasteiger partial charge in [-0.05, 0) is 103 Å². The second-order valence-corrected chi connectivity index (χ2v) is 15.2. The molecule has 61 heavy (non-hydrogen) atoms. The highest BCUT2D eigenvalue weighted by molar-refractivity contribution is 5.71. The van der Waals surface area contributed by atoms with Gasteiger partial charge in [-0.3, -0.25) is 14.4 Å². The summed E-state index contributed by atoms with van der Waals surface area (Å²) in [5, 5.41) is 0. The quantitative estimate of drug-likeness (QED) is 0.0264. The molecule has 0 aliphatic carbocycles. The maximum Gasteiger partial charge on any atom is 0.306 e. The monoisotopic (exact) mass is 843 g/mol. The number of allylic oxidation sites excluding steroid dienone is 20. The molecular weight excluding hydrogens is 757 g/mol. The van der Waals surface area contributed by atoms with E-state index in [9.17, 15) is 14.4 Å². The lowest BCUT2D eigenvalue weighted by Gasteiger charge is -2.18. The highest BCUT2D eigenvalue weighted by Crippen LogP contribution is 2.12. The smallest absolute Gasteiger partial charge is 0.306 e. The SMILES string of the molecule is CC/C=C\C/C=C\C/C=C\C/C=C\CCC(=O)OCC(COC(=O)CCCCCCCCC/C=C\C/C=C\CCCCC)OC(=O)CC/C=C\C/C=C\C/C=C\C/C=C\CC. The molecule has 0 fully saturated rings. The highest BCUT2D eigenvalue weighted by Gasteiger charge is 2.19. The first-order chi connectivity index (χ1) is 30.0. The molecule has 1 unspecified atom stereocenters. The molecule has 0 saturated heterocycles. The van der Waals surface area contributed by atoms with E-state index in [0.29, 0.717) is 19.3 Å². The number of ether oxygens (including phenoxy) is 3.